The van der Waals surface area contributed by atoms with Gasteiger partial charge in [0.05, 0.1) is 22.7 Å². The molecule has 4 rings (SSSR count). The van der Waals surface area contributed by atoms with Gasteiger partial charge in [0.15, 0.2) is 0 Å². The molecule has 0 bridgehead atoms. The Balaban J connectivity index is 1.82. The fourth-order valence-corrected chi connectivity index (χ4v) is 5.90. The Morgan fingerprint density at radius 2 is 1.53 bits per heavy atom. The lowest BCUT2D eigenvalue weighted by atomic mass is 9.98. The number of amides is 1. The van der Waals surface area contributed by atoms with Crippen LogP contribution in [-0.4, -0.2) is 14.3 Å². The first kappa shape index (κ1) is 27.4. The van der Waals surface area contributed by atoms with E-state index in [0.29, 0.717) is 10.7 Å². The van der Waals surface area contributed by atoms with Crippen molar-refractivity contribution in [3.63, 3.8) is 0 Å². The molecule has 196 valence electrons. The van der Waals surface area contributed by atoms with Crippen molar-refractivity contribution in [3.8, 4) is 0 Å². The van der Waals surface area contributed by atoms with Crippen LogP contribution in [0.3, 0.4) is 0 Å². The lowest BCUT2D eigenvalue weighted by Gasteiger charge is -2.27. The fourth-order valence-electron chi connectivity index (χ4n) is 4.30. The lowest BCUT2D eigenvalue weighted by molar-refractivity contribution is 0.102. The van der Waals surface area contributed by atoms with E-state index in [1.165, 1.54) is 4.31 Å². The van der Waals surface area contributed by atoms with Crippen LogP contribution >= 0.6 is 11.6 Å². The second kappa shape index (κ2) is 11.4. The molecule has 0 aliphatic rings. The molecule has 0 saturated heterocycles. The quantitative estimate of drug-likeness (QED) is 0.246. The monoisotopic (exact) mass is 546 g/mol. The number of hydrogen-bond acceptors (Lipinski definition) is 3. The maximum Gasteiger partial charge on any atom is 0.264 e. The Kier molecular flexibility index (Phi) is 8.24. The molecule has 0 radical (unpaired) electrons. The molecule has 1 amide bonds. The van der Waals surface area contributed by atoms with Crippen molar-refractivity contribution in [1.29, 1.82) is 0 Å². The van der Waals surface area contributed by atoms with E-state index in [9.17, 15) is 13.2 Å². The molecule has 0 spiro atoms. The highest BCUT2D eigenvalue weighted by atomic mass is 35.5. The highest BCUT2D eigenvalue weighted by Gasteiger charge is 2.29. The summed E-state index contributed by atoms with van der Waals surface area (Å²) >= 11 is 6.07. The number of nitrogens with one attached hydrogen (secondary N) is 1. The predicted molar refractivity (Wildman–Crippen MR) is 156 cm³/mol. The molecule has 0 aliphatic carbocycles. The molecule has 0 aromatic heterocycles. The summed E-state index contributed by atoms with van der Waals surface area (Å²) in [6.45, 7) is 8.01. The van der Waals surface area contributed by atoms with Gasteiger partial charge in [-0.2, -0.15) is 0 Å². The Bertz CT molecular complexity index is 1550. The summed E-state index contributed by atoms with van der Waals surface area (Å²) in [5, 5.41) is 3.62. The van der Waals surface area contributed by atoms with Crippen molar-refractivity contribution in [2.75, 3.05) is 9.62 Å². The SMILES string of the molecule is Cc1ccc(S(=O)(=O)N(Cc2ccc(Cl)cc2)c2ccccc2C(=O)Nc2c(C)cccc2C(C)C)cc1. The van der Waals surface area contributed by atoms with Crippen LogP contribution in [0.5, 0.6) is 0 Å². The van der Waals surface area contributed by atoms with Gasteiger partial charge in [-0.05, 0) is 72.9 Å². The summed E-state index contributed by atoms with van der Waals surface area (Å²) in [5.41, 5.74) is 4.94. The van der Waals surface area contributed by atoms with Gasteiger partial charge in [0, 0.05) is 10.7 Å². The smallest absolute Gasteiger partial charge is 0.264 e. The van der Waals surface area contributed by atoms with Crippen molar-refractivity contribution in [1.82, 2.24) is 0 Å². The molecule has 1 N–H and O–H groups in total. The van der Waals surface area contributed by atoms with Crippen molar-refractivity contribution >= 4 is 38.9 Å². The van der Waals surface area contributed by atoms with E-state index in [1.54, 1.807) is 72.8 Å². The fraction of sp³-hybridized carbons (Fsp3) is 0.194. The van der Waals surface area contributed by atoms with E-state index in [0.717, 1.165) is 27.9 Å². The number of anilines is 2. The molecular weight excluding hydrogens is 516 g/mol. The number of halogens is 1. The summed E-state index contributed by atoms with van der Waals surface area (Å²) in [6, 6.07) is 26.4. The zero-order valence-corrected chi connectivity index (χ0v) is 23.5. The van der Waals surface area contributed by atoms with Crippen LogP contribution in [0.25, 0.3) is 0 Å². The van der Waals surface area contributed by atoms with Crippen LogP contribution in [-0.2, 0) is 16.6 Å². The zero-order chi connectivity index (χ0) is 27.4. The van der Waals surface area contributed by atoms with Crippen LogP contribution in [0.15, 0.2) is 95.9 Å². The largest absolute Gasteiger partial charge is 0.321 e. The molecule has 0 fully saturated rings. The third-order valence-corrected chi connectivity index (χ3v) is 8.46. The highest BCUT2D eigenvalue weighted by Crippen LogP contribution is 2.32. The minimum atomic E-state index is -4.02. The van der Waals surface area contributed by atoms with E-state index < -0.39 is 10.0 Å². The van der Waals surface area contributed by atoms with Crippen LogP contribution in [0.4, 0.5) is 11.4 Å². The first-order valence-electron chi connectivity index (χ1n) is 12.4. The van der Waals surface area contributed by atoms with Gasteiger partial charge in [0.25, 0.3) is 15.9 Å². The second-order valence-electron chi connectivity index (χ2n) is 9.62. The Hall–Kier alpha value is -3.61. The standard InChI is InChI=1S/C31H31ClN2O3S/c1-21(2)27-10-7-8-23(4)30(27)33-31(35)28-9-5-6-11-29(28)34(20-24-14-16-25(32)17-15-24)38(36,37)26-18-12-22(3)13-19-26/h5-19,21H,20H2,1-4H3,(H,33,35). The first-order valence-corrected chi connectivity index (χ1v) is 14.2. The molecule has 38 heavy (non-hydrogen) atoms. The number of benzene rings is 4. The van der Waals surface area contributed by atoms with Crippen LogP contribution in [0, 0.1) is 13.8 Å². The highest BCUT2D eigenvalue weighted by molar-refractivity contribution is 7.92. The molecule has 0 saturated carbocycles. The van der Waals surface area contributed by atoms with E-state index in [-0.39, 0.29) is 28.8 Å². The van der Waals surface area contributed by atoms with Gasteiger partial charge in [-0.25, -0.2) is 8.42 Å². The van der Waals surface area contributed by atoms with Gasteiger partial charge in [0.1, 0.15) is 0 Å². The number of aryl methyl sites for hydroxylation is 2. The number of hydrogen-bond donors (Lipinski definition) is 1. The topological polar surface area (TPSA) is 66.5 Å². The molecule has 0 heterocycles. The zero-order valence-electron chi connectivity index (χ0n) is 21.9. The third-order valence-electron chi connectivity index (χ3n) is 6.43. The van der Waals surface area contributed by atoms with Gasteiger partial charge in [-0.15, -0.1) is 0 Å². The Labute approximate surface area is 230 Å². The van der Waals surface area contributed by atoms with Crippen LogP contribution in [0.1, 0.15) is 52.4 Å². The summed E-state index contributed by atoms with van der Waals surface area (Å²) in [7, 11) is -4.02. The number of nitrogens with zero attached hydrogens (tertiary/aromatic N) is 1. The lowest BCUT2D eigenvalue weighted by Crippen LogP contribution is -2.32. The van der Waals surface area contributed by atoms with Crippen LogP contribution < -0.4 is 9.62 Å². The van der Waals surface area contributed by atoms with Crippen molar-refractivity contribution < 1.29 is 13.2 Å². The van der Waals surface area contributed by atoms with E-state index in [2.05, 4.69) is 19.2 Å². The number of rotatable bonds is 8. The molecule has 0 atom stereocenters. The Morgan fingerprint density at radius 3 is 2.18 bits per heavy atom. The number of carbonyl (C=O) groups excluding carboxylic acids is 1. The maximum absolute atomic E-state index is 14.0. The van der Waals surface area contributed by atoms with Gasteiger partial charge in [-0.3, -0.25) is 9.10 Å². The minimum Gasteiger partial charge on any atom is -0.321 e. The number of para-hydroxylation sites is 2. The van der Waals surface area contributed by atoms with Crippen molar-refractivity contribution in [2.24, 2.45) is 0 Å². The van der Waals surface area contributed by atoms with E-state index in [4.69, 9.17) is 11.6 Å². The molecule has 4 aromatic carbocycles. The van der Waals surface area contributed by atoms with Gasteiger partial charge >= 0.3 is 0 Å². The average Bonchev–Trinajstić information content (AvgIpc) is 2.89. The summed E-state index contributed by atoms with van der Waals surface area (Å²) in [4.78, 5) is 13.9. The molecule has 0 aliphatic heterocycles. The normalized spacial score (nSPS) is 11.4. The predicted octanol–water partition coefficient (Wildman–Crippen LogP) is 7.73. The minimum absolute atomic E-state index is 0.0271. The van der Waals surface area contributed by atoms with Gasteiger partial charge in [0.2, 0.25) is 0 Å². The molecule has 7 heteroatoms. The molecule has 4 aromatic rings. The first-order chi connectivity index (χ1) is 18.1. The molecule has 0 unspecified atom stereocenters. The van der Waals surface area contributed by atoms with Gasteiger partial charge < -0.3 is 5.32 Å². The summed E-state index contributed by atoms with van der Waals surface area (Å²) < 4.78 is 29.3. The molecule has 5 nitrogen and oxygen atoms in total. The Morgan fingerprint density at radius 1 is 0.868 bits per heavy atom. The van der Waals surface area contributed by atoms with Crippen molar-refractivity contribution in [2.45, 2.75) is 45.1 Å². The summed E-state index contributed by atoms with van der Waals surface area (Å²) in [6.07, 6.45) is 0. The second-order valence-corrected chi connectivity index (χ2v) is 11.9. The number of sulfonamides is 1. The summed E-state index contributed by atoms with van der Waals surface area (Å²) in [5.74, 6) is -0.180. The van der Waals surface area contributed by atoms with E-state index in [1.807, 2.05) is 32.0 Å². The van der Waals surface area contributed by atoms with E-state index >= 15 is 0 Å². The third kappa shape index (κ3) is 5.93. The van der Waals surface area contributed by atoms with Crippen molar-refractivity contribution in [3.05, 3.63) is 124 Å². The van der Waals surface area contributed by atoms with Gasteiger partial charge in [-0.1, -0.05) is 85.6 Å². The van der Waals surface area contributed by atoms with Crippen LogP contribution in [0.2, 0.25) is 5.02 Å². The number of carbonyl (C=O) groups is 1. The average molecular weight is 547 g/mol. The maximum atomic E-state index is 14.0. The molecular formula is C31H31ClN2O3S.